The van der Waals surface area contributed by atoms with E-state index in [1.54, 1.807) is 0 Å². The highest BCUT2D eigenvalue weighted by Gasteiger charge is 2.56. The molecule has 3 heterocycles. The number of carbonyl (C=O) groups is 2. The third-order valence-corrected chi connectivity index (χ3v) is 9.11. The summed E-state index contributed by atoms with van der Waals surface area (Å²) in [6.45, 7) is 12.1. The highest BCUT2D eigenvalue weighted by molar-refractivity contribution is 6.62. The van der Waals surface area contributed by atoms with Crippen molar-refractivity contribution < 1.29 is 23.6 Å². The topological polar surface area (TPSA) is 106 Å². The Morgan fingerprint density at radius 2 is 1.85 bits per heavy atom. The first-order valence-corrected chi connectivity index (χ1v) is 13.8. The number of alkyl carbamates (subject to hydrolysis) is 1. The number of nitrogens with one attached hydrogen (secondary N) is 2. The quantitative estimate of drug-likeness (QED) is 0.481. The molecule has 10 heteroatoms. The molecule has 1 aromatic heterocycles. The molecule has 206 valence electrons. The van der Waals surface area contributed by atoms with Crippen LogP contribution in [0.1, 0.15) is 66.3 Å². The molecule has 1 saturated carbocycles. The molecule has 3 aromatic rings. The van der Waals surface area contributed by atoms with Crippen molar-refractivity contribution in [1.82, 2.24) is 20.2 Å². The Kier molecular flexibility index (Phi) is 6.00. The van der Waals surface area contributed by atoms with Crippen LogP contribution < -0.4 is 10.8 Å². The maximum absolute atomic E-state index is 13.7. The summed E-state index contributed by atoms with van der Waals surface area (Å²) in [6.07, 6.45) is 1.26. The van der Waals surface area contributed by atoms with Gasteiger partial charge < -0.3 is 29.2 Å². The van der Waals surface area contributed by atoms with E-state index in [2.05, 4.69) is 62.3 Å². The van der Waals surface area contributed by atoms with Gasteiger partial charge in [0.15, 0.2) is 0 Å². The number of carbonyl (C=O) groups excluding carboxylic acids is 2. The monoisotopic (exact) mass is 532 g/mol. The number of piperidine rings is 1. The lowest BCUT2D eigenvalue weighted by atomic mass is 9.78. The van der Waals surface area contributed by atoms with Gasteiger partial charge in [-0.2, -0.15) is 0 Å². The number of H-pyrrole nitrogens is 1. The van der Waals surface area contributed by atoms with Gasteiger partial charge in [-0.05, 0) is 69.3 Å². The van der Waals surface area contributed by atoms with Gasteiger partial charge in [0.05, 0.1) is 35.4 Å². The number of imidazole rings is 1. The molecule has 2 N–H and O–H groups in total. The predicted octanol–water partition coefficient (Wildman–Crippen LogP) is 4.06. The van der Waals surface area contributed by atoms with Gasteiger partial charge in [0.2, 0.25) is 5.91 Å². The van der Waals surface area contributed by atoms with E-state index in [0.717, 1.165) is 45.9 Å². The zero-order valence-corrected chi connectivity index (χ0v) is 23.7. The summed E-state index contributed by atoms with van der Waals surface area (Å²) >= 11 is 0. The minimum Gasteiger partial charge on any atom is -0.453 e. The van der Waals surface area contributed by atoms with E-state index in [9.17, 15) is 9.59 Å². The number of likely N-dealkylation sites (tertiary alicyclic amines) is 1. The highest BCUT2D eigenvalue weighted by atomic mass is 16.7. The van der Waals surface area contributed by atoms with Gasteiger partial charge >= 0.3 is 13.2 Å². The molecule has 39 heavy (non-hydrogen) atoms. The molecule has 0 spiro atoms. The molecule has 1 aliphatic carbocycles. The lowest BCUT2D eigenvalue weighted by Gasteiger charge is -2.32. The Balaban J connectivity index is 1.31. The number of aromatic amines is 1. The Labute approximate surface area is 229 Å². The molecule has 0 bridgehead atoms. The predicted molar refractivity (Wildman–Crippen MR) is 150 cm³/mol. The smallest absolute Gasteiger partial charge is 0.453 e. The van der Waals surface area contributed by atoms with Crippen LogP contribution in [-0.4, -0.2) is 64.4 Å². The summed E-state index contributed by atoms with van der Waals surface area (Å²) < 4.78 is 17.3. The van der Waals surface area contributed by atoms with Gasteiger partial charge in [-0.25, -0.2) is 9.78 Å². The van der Waals surface area contributed by atoms with Gasteiger partial charge in [0, 0.05) is 11.4 Å². The molecule has 6 rings (SSSR count). The van der Waals surface area contributed by atoms with E-state index < -0.39 is 30.5 Å². The minimum absolute atomic E-state index is 0.0761. The summed E-state index contributed by atoms with van der Waals surface area (Å²) in [5.74, 6) is 1.10. The van der Waals surface area contributed by atoms with Crippen LogP contribution in [0.5, 0.6) is 0 Å². The number of hydrogen-bond donors (Lipinski definition) is 2. The van der Waals surface area contributed by atoms with Gasteiger partial charge in [-0.15, -0.1) is 0 Å². The second-order valence-electron chi connectivity index (χ2n) is 12.6. The van der Waals surface area contributed by atoms with Crippen molar-refractivity contribution in [2.75, 3.05) is 7.11 Å². The molecular weight excluding hydrogens is 495 g/mol. The van der Waals surface area contributed by atoms with E-state index in [1.807, 2.05) is 24.8 Å². The number of hydrogen-bond acceptors (Lipinski definition) is 6. The zero-order valence-electron chi connectivity index (χ0n) is 23.7. The van der Waals surface area contributed by atoms with Crippen molar-refractivity contribution in [2.24, 2.45) is 11.8 Å². The van der Waals surface area contributed by atoms with E-state index in [-0.39, 0.29) is 23.9 Å². The molecule has 3 fully saturated rings. The summed E-state index contributed by atoms with van der Waals surface area (Å²) in [7, 11) is 0.883. The summed E-state index contributed by atoms with van der Waals surface area (Å²) in [5, 5.41) is 4.86. The van der Waals surface area contributed by atoms with Crippen LogP contribution in [0.25, 0.3) is 21.8 Å². The number of aromatic nitrogens is 2. The molecule has 9 nitrogen and oxygen atoms in total. The van der Waals surface area contributed by atoms with Gasteiger partial charge in [-0.1, -0.05) is 38.1 Å². The van der Waals surface area contributed by atoms with Crippen molar-refractivity contribution in [1.29, 1.82) is 0 Å². The second kappa shape index (κ2) is 8.96. The number of ether oxygens (including phenoxy) is 1. The van der Waals surface area contributed by atoms with E-state index in [4.69, 9.17) is 19.0 Å². The summed E-state index contributed by atoms with van der Waals surface area (Å²) in [4.78, 5) is 36.1. The Morgan fingerprint density at radius 1 is 1.13 bits per heavy atom. The maximum atomic E-state index is 13.7. The Hall–Kier alpha value is -3.11. The molecule has 3 aliphatic rings. The van der Waals surface area contributed by atoms with Crippen LogP contribution in [0.3, 0.4) is 0 Å². The minimum atomic E-state index is -0.655. The number of benzene rings is 2. The third-order valence-electron chi connectivity index (χ3n) is 9.11. The molecular formula is C29H37BN4O5. The fraction of sp³-hybridized carbons (Fsp3) is 0.552. The summed E-state index contributed by atoms with van der Waals surface area (Å²) in [6, 6.07) is 9.72. The van der Waals surface area contributed by atoms with Crippen LogP contribution in [-0.2, 0) is 18.8 Å². The first kappa shape index (κ1) is 26.1. The Morgan fingerprint density at radius 3 is 2.51 bits per heavy atom. The normalized spacial score (nSPS) is 25.8. The van der Waals surface area contributed by atoms with E-state index in [0.29, 0.717) is 5.92 Å². The lowest BCUT2D eigenvalue weighted by Crippen LogP contribution is -2.52. The van der Waals surface area contributed by atoms with Crippen LogP contribution in [0.4, 0.5) is 4.79 Å². The molecule has 0 radical (unpaired) electrons. The number of methoxy groups -OCH3 is 1. The van der Waals surface area contributed by atoms with Crippen molar-refractivity contribution in [3.8, 4) is 0 Å². The number of rotatable bonds is 5. The SMILES string of the molecule is COC(=O)N[C@H](C(=O)N1C2C[C@@H]2C[C@H]1c1nc2ccc3cc(B4OC(C)(C)C(C)(C)O4)ccc3c2[nH]1)C(C)C. The molecule has 2 saturated heterocycles. The van der Waals surface area contributed by atoms with Crippen LogP contribution in [0, 0.1) is 11.8 Å². The maximum Gasteiger partial charge on any atom is 0.494 e. The molecule has 2 amide bonds. The second-order valence-corrected chi connectivity index (χ2v) is 12.6. The average molecular weight is 532 g/mol. The molecule has 2 aromatic carbocycles. The third kappa shape index (κ3) is 4.28. The van der Waals surface area contributed by atoms with Crippen LogP contribution in [0.15, 0.2) is 30.3 Å². The first-order chi connectivity index (χ1) is 18.4. The first-order valence-electron chi connectivity index (χ1n) is 13.8. The van der Waals surface area contributed by atoms with E-state index in [1.165, 1.54) is 7.11 Å². The van der Waals surface area contributed by atoms with Crippen molar-refractivity contribution >= 4 is 46.4 Å². The molecule has 4 atom stereocenters. The fourth-order valence-electron chi connectivity index (χ4n) is 6.01. The van der Waals surface area contributed by atoms with Gasteiger partial charge in [-0.3, -0.25) is 4.79 Å². The zero-order chi connectivity index (χ0) is 27.9. The van der Waals surface area contributed by atoms with Crippen molar-refractivity contribution in [3.05, 3.63) is 36.2 Å². The van der Waals surface area contributed by atoms with Crippen LogP contribution >= 0.6 is 0 Å². The van der Waals surface area contributed by atoms with Crippen molar-refractivity contribution in [3.63, 3.8) is 0 Å². The number of fused-ring (bicyclic) bond motifs is 4. The van der Waals surface area contributed by atoms with Crippen molar-refractivity contribution in [2.45, 2.75) is 83.7 Å². The van der Waals surface area contributed by atoms with E-state index >= 15 is 0 Å². The average Bonchev–Trinajstić information content (AvgIpc) is 3.24. The fourth-order valence-corrected chi connectivity index (χ4v) is 6.01. The van der Waals surface area contributed by atoms with Gasteiger partial charge in [0.1, 0.15) is 11.9 Å². The number of nitrogens with zero attached hydrogens (tertiary/aromatic N) is 2. The standard InChI is InChI=1S/C29H37BN4O5/c1-15(2)23(33-27(36)37-7)26(35)34-21-13-17(21)14-22(34)25-31-20-11-8-16-12-18(9-10-19(16)24(20)32-25)30-38-28(3,4)29(5,6)39-30/h8-12,15,17,21-23H,13-14H2,1-7H3,(H,31,32)(H,33,36)/t17-,21?,22+,23+/m1/s1. The number of amides is 2. The molecule has 1 unspecified atom stereocenters. The lowest BCUT2D eigenvalue weighted by molar-refractivity contribution is -0.136. The highest BCUT2D eigenvalue weighted by Crippen LogP contribution is 2.53. The molecule has 2 aliphatic heterocycles. The Bertz CT molecular complexity index is 1450. The van der Waals surface area contributed by atoms with Crippen LogP contribution in [0.2, 0.25) is 0 Å². The van der Waals surface area contributed by atoms with Gasteiger partial charge in [0.25, 0.3) is 0 Å². The summed E-state index contributed by atoms with van der Waals surface area (Å²) in [5.41, 5.74) is 1.99. The largest absolute Gasteiger partial charge is 0.494 e.